The molecule has 0 atom stereocenters. The standard InChI is InChI=1S/C23H24N2O2S/c1-16(2)21-6-4-5-7-22(21)25-23(26)13-10-18-8-11-20(12-9-18)27-14-19-15-28-17(3)24-19/h4-13,15-16H,14H2,1-3H3,(H,25,26)/b13-10+. The molecule has 0 aliphatic heterocycles. The van der Waals surface area contributed by atoms with Crippen molar-refractivity contribution >= 4 is 29.0 Å². The van der Waals surface area contributed by atoms with Crippen LogP contribution in [0.2, 0.25) is 0 Å². The first-order valence-electron chi connectivity index (χ1n) is 9.23. The fraction of sp³-hybridized carbons (Fsp3) is 0.217. The Hall–Kier alpha value is -2.92. The lowest BCUT2D eigenvalue weighted by molar-refractivity contribution is -0.111. The van der Waals surface area contributed by atoms with Gasteiger partial charge in [0.1, 0.15) is 12.4 Å². The lowest BCUT2D eigenvalue weighted by Gasteiger charge is -2.12. The van der Waals surface area contributed by atoms with E-state index in [0.29, 0.717) is 12.5 Å². The molecule has 0 radical (unpaired) electrons. The Bertz CT molecular complexity index is 959. The molecule has 0 spiro atoms. The summed E-state index contributed by atoms with van der Waals surface area (Å²) in [6, 6.07) is 15.5. The topological polar surface area (TPSA) is 51.2 Å². The number of hydrogen-bond donors (Lipinski definition) is 1. The predicted octanol–water partition coefficient (Wildman–Crippen LogP) is 5.81. The molecule has 0 aliphatic carbocycles. The first kappa shape index (κ1) is 19.8. The Morgan fingerprint density at radius 1 is 1.18 bits per heavy atom. The molecule has 144 valence electrons. The van der Waals surface area contributed by atoms with Crippen molar-refractivity contribution in [3.63, 3.8) is 0 Å². The monoisotopic (exact) mass is 392 g/mol. The van der Waals surface area contributed by atoms with Crippen LogP contribution in [-0.4, -0.2) is 10.9 Å². The fourth-order valence-electron chi connectivity index (χ4n) is 2.77. The molecule has 0 saturated carbocycles. The van der Waals surface area contributed by atoms with Crippen LogP contribution in [0.3, 0.4) is 0 Å². The highest BCUT2D eigenvalue weighted by atomic mass is 32.1. The Labute approximate surface area is 169 Å². The molecule has 0 fully saturated rings. The maximum absolute atomic E-state index is 12.3. The molecule has 1 aromatic heterocycles. The van der Waals surface area contributed by atoms with E-state index in [-0.39, 0.29) is 5.91 Å². The summed E-state index contributed by atoms with van der Waals surface area (Å²) in [5.41, 5.74) is 3.85. The van der Waals surface area contributed by atoms with Crippen LogP contribution in [0.1, 0.15) is 41.6 Å². The van der Waals surface area contributed by atoms with Gasteiger partial charge in [0.25, 0.3) is 0 Å². The largest absolute Gasteiger partial charge is 0.487 e. The number of anilines is 1. The number of aromatic nitrogens is 1. The highest BCUT2D eigenvalue weighted by Gasteiger charge is 2.07. The molecule has 4 nitrogen and oxygen atoms in total. The van der Waals surface area contributed by atoms with Crippen LogP contribution in [-0.2, 0) is 11.4 Å². The van der Waals surface area contributed by atoms with E-state index in [1.165, 1.54) is 0 Å². The number of rotatable bonds is 7. The van der Waals surface area contributed by atoms with E-state index in [1.807, 2.05) is 60.8 Å². The number of ether oxygens (including phenoxy) is 1. The molecule has 3 rings (SSSR count). The van der Waals surface area contributed by atoms with Crippen LogP contribution in [0.25, 0.3) is 6.08 Å². The normalized spacial score (nSPS) is 11.1. The van der Waals surface area contributed by atoms with Gasteiger partial charge < -0.3 is 10.1 Å². The van der Waals surface area contributed by atoms with Crippen molar-refractivity contribution in [2.75, 3.05) is 5.32 Å². The third kappa shape index (κ3) is 5.54. The van der Waals surface area contributed by atoms with Gasteiger partial charge in [0.05, 0.1) is 10.7 Å². The SMILES string of the molecule is Cc1nc(COc2ccc(/C=C/C(=O)Nc3ccccc3C(C)C)cc2)cs1. The van der Waals surface area contributed by atoms with E-state index in [9.17, 15) is 4.79 Å². The summed E-state index contributed by atoms with van der Waals surface area (Å²) < 4.78 is 5.74. The molecule has 0 unspecified atom stereocenters. The van der Waals surface area contributed by atoms with Gasteiger partial charge in [0, 0.05) is 17.1 Å². The first-order chi connectivity index (χ1) is 13.5. The Morgan fingerprint density at radius 2 is 1.93 bits per heavy atom. The fourth-order valence-corrected chi connectivity index (χ4v) is 3.36. The third-order valence-corrected chi connectivity index (χ3v) is 5.02. The molecule has 2 aromatic carbocycles. The molecule has 5 heteroatoms. The van der Waals surface area contributed by atoms with E-state index in [4.69, 9.17) is 4.74 Å². The van der Waals surface area contributed by atoms with Gasteiger partial charge in [-0.15, -0.1) is 11.3 Å². The number of benzene rings is 2. The van der Waals surface area contributed by atoms with E-state index >= 15 is 0 Å². The second-order valence-corrected chi connectivity index (χ2v) is 7.84. The van der Waals surface area contributed by atoms with E-state index in [2.05, 4.69) is 24.1 Å². The minimum Gasteiger partial charge on any atom is -0.487 e. The van der Waals surface area contributed by atoms with Crippen LogP contribution in [0.15, 0.2) is 60.0 Å². The van der Waals surface area contributed by atoms with Crippen molar-refractivity contribution in [3.05, 3.63) is 81.8 Å². The zero-order valence-electron chi connectivity index (χ0n) is 16.3. The molecule has 1 amide bonds. The van der Waals surface area contributed by atoms with Gasteiger partial charge in [0.15, 0.2) is 0 Å². The molecule has 0 aliphatic rings. The second kappa shape index (κ2) is 9.33. The van der Waals surface area contributed by atoms with E-state index < -0.39 is 0 Å². The Morgan fingerprint density at radius 3 is 2.61 bits per heavy atom. The predicted molar refractivity (Wildman–Crippen MR) is 116 cm³/mol. The molecular weight excluding hydrogens is 368 g/mol. The summed E-state index contributed by atoms with van der Waals surface area (Å²) in [5.74, 6) is 0.978. The highest BCUT2D eigenvalue weighted by molar-refractivity contribution is 7.09. The number of nitrogens with zero attached hydrogens (tertiary/aromatic N) is 1. The van der Waals surface area contributed by atoms with Crippen molar-refractivity contribution in [2.45, 2.75) is 33.3 Å². The second-order valence-electron chi connectivity index (χ2n) is 6.78. The van der Waals surface area contributed by atoms with Crippen molar-refractivity contribution in [2.24, 2.45) is 0 Å². The number of para-hydroxylation sites is 1. The van der Waals surface area contributed by atoms with Gasteiger partial charge in [-0.1, -0.05) is 44.2 Å². The van der Waals surface area contributed by atoms with E-state index in [0.717, 1.165) is 33.3 Å². The third-order valence-electron chi connectivity index (χ3n) is 4.20. The van der Waals surface area contributed by atoms with Crippen LogP contribution >= 0.6 is 11.3 Å². The lowest BCUT2D eigenvalue weighted by atomic mass is 10.0. The Balaban J connectivity index is 1.56. The van der Waals surface area contributed by atoms with Gasteiger partial charge in [-0.3, -0.25) is 4.79 Å². The molecule has 0 saturated heterocycles. The van der Waals surface area contributed by atoms with Crippen molar-refractivity contribution in [3.8, 4) is 5.75 Å². The maximum Gasteiger partial charge on any atom is 0.248 e. The van der Waals surface area contributed by atoms with Gasteiger partial charge in [-0.25, -0.2) is 4.98 Å². The average Bonchev–Trinajstić information content (AvgIpc) is 3.11. The zero-order chi connectivity index (χ0) is 19.9. The molecule has 28 heavy (non-hydrogen) atoms. The summed E-state index contributed by atoms with van der Waals surface area (Å²) in [4.78, 5) is 16.6. The quantitative estimate of drug-likeness (QED) is 0.517. The molecule has 3 aromatic rings. The zero-order valence-corrected chi connectivity index (χ0v) is 17.1. The lowest BCUT2D eigenvalue weighted by Crippen LogP contribution is -2.10. The summed E-state index contributed by atoms with van der Waals surface area (Å²) in [5, 5.41) is 6.00. The number of carbonyl (C=O) groups excluding carboxylic acids is 1. The summed E-state index contributed by atoms with van der Waals surface area (Å²) >= 11 is 1.62. The minimum atomic E-state index is -0.146. The summed E-state index contributed by atoms with van der Waals surface area (Å²) in [7, 11) is 0. The highest BCUT2D eigenvalue weighted by Crippen LogP contribution is 2.23. The first-order valence-corrected chi connectivity index (χ1v) is 10.1. The van der Waals surface area contributed by atoms with Crippen LogP contribution in [0, 0.1) is 6.92 Å². The van der Waals surface area contributed by atoms with Crippen LogP contribution < -0.4 is 10.1 Å². The van der Waals surface area contributed by atoms with Gasteiger partial charge >= 0.3 is 0 Å². The number of nitrogens with one attached hydrogen (secondary N) is 1. The van der Waals surface area contributed by atoms with Gasteiger partial charge in [0.2, 0.25) is 5.91 Å². The van der Waals surface area contributed by atoms with Crippen LogP contribution in [0.4, 0.5) is 5.69 Å². The maximum atomic E-state index is 12.3. The number of amides is 1. The van der Waals surface area contributed by atoms with Crippen molar-refractivity contribution in [1.29, 1.82) is 0 Å². The molecule has 1 N–H and O–H groups in total. The van der Waals surface area contributed by atoms with Crippen molar-refractivity contribution in [1.82, 2.24) is 4.98 Å². The number of aryl methyl sites for hydroxylation is 1. The summed E-state index contributed by atoms with van der Waals surface area (Å²) in [6.07, 6.45) is 3.34. The van der Waals surface area contributed by atoms with Gasteiger partial charge in [-0.05, 0) is 48.2 Å². The number of thiazole rings is 1. The van der Waals surface area contributed by atoms with Gasteiger partial charge in [-0.2, -0.15) is 0 Å². The number of hydrogen-bond acceptors (Lipinski definition) is 4. The molecule has 0 bridgehead atoms. The number of carbonyl (C=O) groups is 1. The van der Waals surface area contributed by atoms with Crippen molar-refractivity contribution < 1.29 is 9.53 Å². The average molecular weight is 393 g/mol. The van der Waals surface area contributed by atoms with E-state index in [1.54, 1.807) is 23.5 Å². The molecule has 1 heterocycles. The minimum absolute atomic E-state index is 0.146. The Kier molecular flexibility index (Phi) is 6.61. The smallest absolute Gasteiger partial charge is 0.248 e. The summed E-state index contributed by atoms with van der Waals surface area (Å²) in [6.45, 7) is 6.66. The molecular formula is C23H24N2O2S. The van der Waals surface area contributed by atoms with Crippen LogP contribution in [0.5, 0.6) is 5.75 Å².